The average Bonchev–Trinajstić information content (AvgIpc) is 2.38. The van der Waals surface area contributed by atoms with E-state index in [4.69, 9.17) is 17.0 Å². The van der Waals surface area contributed by atoms with Gasteiger partial charge in [-0.05, 0) is 42.0 Å². The second kappa shape index (κ2) is 5.90. The van der Waals surface area contributed by atoms with Crippen molar-refractivity contribution in [2.24, 2.45) is 0 Å². The quantitative estimate of drug-likeness (QED) is 0.875. The lowest BCUT2D eigenvalue weighted by molar-refractivity contribution is 0.186. The lowest BCUT2D eigenvalue weighted by Gasteiger charge is -2.13. The molecule has 0 aliphatic rings. The number of halogens is 1. The summed E-state index contributed by atoms with van der Waals surface area (Å²) in [5, 5.41) is 0. The van der Waals surface area contributed by atoms with Crippen molar-refractivity contribution in [3.63, 3.8) is 0 Å². The highest BCUT2D eigenvalue weighted by Gasteiger charge is 2.06. The van der Waals surface area contributed by atoms with Gasteiger partial charge in [0.1, 0.15) is 5.82 Å². The number of hydrogen-bond donors (Lipinski definition) is 1. The van der Waals surface area contributed by atoms with Crippen LogP contribution in [0.4, 0.5) is 4.39 Å². The highest BCUT2D eigenvalue weighted by atomic mass is 32.1. The van der Waals surface area contributed by atoms with E-state index in [1.165, 1.54) is 18.2 Å². The topological polar surface area (TPSA) is 47.0 Å². The van der Waals surface area contributed by atoms with Crippen molar-refractivity contribution < 1.29 is 9.13 Å². The van der Waals surface area contributed by atoms with E-state index in [2.05, 4.69) is 4.98 Å². The van der Waals surface area contributed by atoms with E-state index < -0.39 is 0 Å². The third-order valence-electron chi connectivity index (χ3n) is 2.69. The monoisotopic (exact) mass is 280 g/mol. The predicted molar refractivity (Wildman–Crippen MR) is 73.2 cm³/mol. The van der Waals surface area contributed by atoms with Crippen molar-refractivity contribution in [3.8, 4) is 11.3 Å². The summed E-state index contributed by atoms with van der Waals surface area (Å²) in [7, 11) is 1.59. The first-order valence-corrected chi connectivity index (χ1v) is 6.11. The summed E-state index contributed by atoms with van der Waals surface area (Å²) in [6.07, 6.45) is 0. The maximum absolute atomic E-state index is 12.9. The van der Waals surface area contributed by atoms with Gasteiger partial charge in [0, 0.05) is 19.7 Å². The number of benzene rings is 1. The highest BCUT2D eigenvalue weighted by molar-refractivity contribution is 7.71. The molecule has 0 radical (unpaired) electrons. The first-order valence-electron chi connectivity index (χ1n) is 5.71. The second-order valence-electron chi connectivity index (χ2n) is 3.98. The molecule has 1 aromatic heterocycles. The molecular weight excluding hydrogens is 267 g/mol. The minimum Gasteiger partial charge on any atom is -0.383 e. The Morgan fingerprint density at radius 1 is 1.37 bits per heavy atom. The van der Waals surface area contributed by atoms with Gasteiger partial charge in [0.2, 0.25) is 0 Å². The molecule has 19 heavy (non-hydrogen) atoms. The van der Waals surface area contributed by atoms with Gasteiger partial charge in [-0.25, -0.2) is 4.39 Å². The molecule has 0 bridgehead atoms. The first kappa shape index (κ1) is 13.6. The molecule has 6 heteroatoms. The van der Waals surface area contributed by atoms with Crippen LogP contribution in [0.5, 0.6) is 0 Å². The van der Waals surface area contributed by atoms with E-state index in [1.807, 2.05) is 0 Å². The van der Waals surface area contributed by atoms with Crippen molar-refractivity contribution >= 4 is 12.2 Å². The fraction of sp³-hybridized carbons (Fsp3) is 0.231. The van der Waals surface area contributed by atoms with Crippen molar-refractivity contribution in [3.05, 3.63) is 51.3 Å². The van der Waals surface area contributed by atoms with Gasteiger partial charge in [0.25, 0.3) is 5.56 Å². The predicted octanol–water partition coefficient (Wildman–Crippen LogP) is 2.36. The van der Waals surface area contributed by atoms with Gasteiger partial charge in [-0.15, -0.1) is 0 Å². The van der Waals surface area contributed by atoms with E-state index in [-0.39, 0.29) is 11.4 Å². The van der Waals surface area contributed by atoms with Gasteiger partial charge in [-0.1, -0.05) is 0 Å². The molecule has 0 saturated heterocycles. The average molecular weight is 280 g/mol. The molecule has 1 N–H and O–H groups in total. The fourth-order valence-electron chi connectivity index (χ4n) is 1.78. The fourth-order valence-corrected chi connectivity index (χ4v) is 2.08. The first-order chi connectivity index (χ1) is 9.11. The minimum absolute atomic E-state index is 0.280. The molecule has 1 heterocycles. The lowest BCUT2D eigenvalue weighted by atomic mass is 10.1. The summed E-state index contributed by atoms with van der Waals surface area (Å²) in [5.74, 6) is -0.323. The van der Waals surface area contributed by atoms with Crippen LogP contribution in [0.3, 0.4) is 0 Å². The molecule has 0 fully saturated rings. The van der Waals surface area contributed by atoms with Crippen LogP contribution < -0.4 is 5.56 Å². The van der Waals surface area contributed by atoms with Crippen molar-refractivity contribution in [1.29, 1.82) is 0 Å². The number of nitrogens with one attached hydrogen (secondary N) is 1. The maximum atomic E-state index is 12.9. The number of aromatic nitrogens is 2. The molecule has 0 aliphatic heterocycles. The Morgan fingerprint density at radius 2 is 2.05 bits per heavy atom. The Hall–Kier alpha value is -1.79. The summed E-state index contributed by atoms with van der Waals surface area (Å²) >= 11 is 5.14. The number of rotatable bonds is 4. The van der Waals surface area contributed by atoms with E-state index in [0.717, 1.165) is 5.56 Å². The molecule has 4 nitrogen and oxygen atoms in total. The maximum Gasteiger partial charge on any atom is 0.252 e. The normalized spacial score (nSPS) is 10.6. The van der Waals surface area contributed by atoms with Gasteiger partial charge >= 0.3 is 0 Å². The molecule has 2 aromatic rings. The Labute approximate surface area is 114 Å². The van der Waals surface area contributed by atoms with Crippen LogP contribution in [0.25, 0.3) is 11.3 Å². The van der Waals surface area contributed by atoms with Gasteiger partial charge < -0.3 is 9.30 Å². The van der Waals surface area contributed by atoms with E-state index >= 15 is 0 Å². The summed E-state index contributed by atoms with van der Waals surface area (Å²) in [6, 6.07) is 7.36. The Bertz CT molecular complexity index is 676. The molecule has 0 amide bonds. The van der Waals surface area contributed by atoms with Crippen molar-refractivity contribution in [1.82, 2.24) is 9.55 Å². The zero-order valence-corrected chi connectivity index (χ0v) is 11.2. The van der Waals surface area contributed by atoms with Crippen LogP contribution >= 0.6 is 12.2 Å². The number of hydrogen-bond acceptors (Lipinski definition) is 3. The van der Waals surface area contributed by atoms with Crippen LogP contribution in [0.15, 0.2) is 35.1 Å². The third-order valence-corrected chi connectivity index (χ3v) is 3.02. The molecule has 0 saturated carbocycles. The zero-order valence-electron chi connectivity index (χ0n) is 10.4. The van der Waals surface area contributed by atoms with Crippen molar-refractivity contribution in [2.45, 2.75) is 6.54 Å². The molecule has 100 valence electrons. The molecule has 0 unspecified atom stereocenters. The Balaban J connectivity index is 2.57. The molecule has 0 atom stereocenters. The van der Waals surface area contributed by atoms with Crippen LogP contribution in [-0.4, -0.2) is 23.3 Å². The number of aromatic amines is 1. The van der Waals surface area contributed by atoms with Gasteiger partial charge in [0.05, 0.1) is 12.3 Å². The Kier molecular flexibility index (Phi) is 4.24. The Morgan fingerprint density at radius 3 is 2.68 bits per heavy atom. The van der Waals surface area contributed by atoms with E-state index in [1.54, 1.807) is 23.8 Å². The summed E-state index contributed by atoms with van der Waals surface area (Å²) in [6.45, 7) is 0.980. The molecule has 2 rings (SSSR count). The SMILES string of the molecule is COCCn1c(-c2ccc(F)cc2)cc(=O)[nH]c1=S. The standard InChI is InChI=1S/C13H13FN2O2S/c1-18-7-6-16-11(8-12(17)15-13(16)19)9-2-4-10(14)5-3-9/h2-5,8H,6-7H2,1H3,(H,15,17,19). The van der Waals surface area contributed by atoms with Crippen LogP contribution in [0.2, 0.25) is 0 Å². The summed E-state index contributed by atoms with van der Waals surface area (Å²) in [5.41, 5.74) is 1.10. The van der Waals surface area contributed by atoms with Crippen molar-refractivity contribution in [2.75, 3.05) is 13.7 Å². The minimum atomic E-state index is -0.323. The van der Waals surface area contributed by atoms with Crippen LogP contribution in [0, 0.1) is 10.6 Å². The van der Waals surface area contributed by atoms with Gasteiger partial charge in [-0.3, -0.25) is 9.78 Å². The number of nitrogens with zero attached hydrogens (tertiary/aromatic N) is 1. The smallest absolute Gasteiger partial charge is 0.252 e. The van der Waals surface area contributed by atoms with Gasteiger partial charge in [-0.2, -0.15) is 0 Å². The summed E-state index contributed by atoms with van der Waals surface area (Å²) in [4.78, 5) is 14.1. The number of methoxy groups -OCH3 is 1. The lowest BCUT2D eigenvalue weighted by Crippen LogP contribution is -2.16. The third kappa shape index (κ3) is 3.15. The van der Waals surface area contributed by atoms with E-state index in [9.17, 15) is 9.18 Å². The summed E-state index contributed by atoms with van der Waals surface area (Å²) < 4.78 is 20.1. The zero-order chi connectivity index (χ0) is 13.8. The molecule has 0 spiro atoms. The molecule has 1 aromatic carbocycles. The molecular formula is C13H13FN2O2S. The van der Waals surface area contributed by atoms with Crippen LogP contribution in [0.1, 0.15) is 0 Å². The van der Waals surface area contributed by atoms with Crippen LogP contribution in [-0.2, 0) is 11.3 Å². The number of H-pyrrole nitrogens is 1. The largest absolute Gasteiger partial charge is 0.383 e. The molecule has 0 aliphatic carbocycles. The highest BCUT2D eigenvalue weighted by Crippen LogP contribution is 2.18. The number of ether oxygens (including phenoxy) is 1. The van der Waals surface area contributed by atoms with E-state index in [0.29, 0.717) is 23.6 Å². The van der Waals surface area contributed by atoms with Gasteiger partial charge in [0.15, 0.2) is 4.77 Å². The second-order valence-corrected chi connectivity index (χ2v) is 4.36.